The van der Waals surface area contributed by atoms with Crippen molar-refractivity contribution in [1.82, 2.24) is 9.13 Å². The van der Waals surface area contributed by atoms with Gasteiger partial charge in [0.2, 0.25) is 12.7 Å². The standard InChI is InChI=1S/2C16H31N2.C2H2F4O3S.ClH/c2*1-16(2)11-9-7-5-4-6-8-10-12-18-14-13-17(3)15-18;3-1(4)2(5,6)10(7,8)9;/h2*13-16H,4-12H2,1-3H3;1H,(H,7,8,9);1H/q2*+1;;/p-2. The van der Waals surface area contributed by atoms with Gasteiger partial charge in [0.25, 0.3) is 0 Å². The molecular formula is C34H63ClF4N4O3S. The molecule has 0 aliphatic heterocycles. The van der Waals surface area contributed by atoms with Crippen molar-refractivity contribution < 1.29 is 52.1 Å². The number of imidazole rings is 2. The zero-order chi connectivity index (χ0) is 35.0. The van der Waals surface area contributed by atoms with Crippen LogP contribution in [-0.2, 0) is 37.3 Å². The van der Waals surface area contributed by atoms with Gasteiger partial charge in [-0.05, 0) is 37.5 Å². The minimum Gasteiger partial charge on any atom is -1.00 e. The number of hydrogen-bond donors (Lipinski definition) is 0. The molecule has 0 saturated carbocycles. The van der Waals surface area contributed by atoms with Gasteiger partial charge in [0.1, 0.15) is 24.8 Å². The summed E-state index contributed by atoms with van der Waals surface area (Å²) in [5, 5.41) is -5.48. The largest absolute Gasteiger partial charge is 1.00 e. The predicted octanol–water partition coefficient (Wildman–Crippen LogP) is 5.57. The zero-order valence-electron chi connectivity index (χ0n) is 29.7. The second-order valence-electron chi connectivity index (χ2n) is 13.3. The fourth-order valence-corrected chi connectivity index (χ4v) is 5.06. The van der Waals surface area contributed by atoms with Gasteiger partial charge in [0, 0.05) is 0 Å². The lowest BCUT2D eigenvalue weighted by molar-refractivity contribution is -0.671. The summed E-state index contributed by atoms with van der Waals surface area (Å²) in [6.45, 7) is 11.6. The molecule has 13 heteroatoms. The summed E-state index contributed by atoms with van der Waals surface area (Å²) in [6.07, 6.45) is 30.9. The zero-order valence-corrected chi connectivity index (χ0v) is 31.3. The summed E-state index contributed by atoms with van der Waals surface area (Å²) in [4.78, 5) is 0. The molecule has 47 heavy (non-hydrogen) atoms. The average molecular weight is 719 g/mol. The Hall–Kier alpha value is -1.66. The number of unbranched alkanes of at least 4 members (excludes halogenated alkanes) is 12. The maximum absolute atomic E-state index is 11.4. The molecule has 2 rings (SSSR count). The molecule has 2 aromatic heterocycles. The van der Waals surface area contributed by atoms with E-state index >= 15 is 0 Å². The van der Waals surface area contributed by atoms with Gasteiger partial charge in [0.15, 0.2) is 10.1 Å². The minimum atomic E-state index is -6.23. The van der Waals surface area contributed by atoms with Crippen molar-refractivity contribution in [3.63, 3.8) is 0 Å². The van der Waals surface area contributed by atoms with E-state index in [0.717, 1.165) is 11.8 Å². The Morgan fingerprint density at radius 3 is 1.15 bits per heavy atom. The number of aryl methyl sites for hydroxylation is 4. The van der Waals surface area contributed by atoms with E-state index in [-0.39, 0.29) is 12.4 Å². The van der Waals surface area contributed by atoms with E-state index in [1.54, 1.807) is 0 Å². The fourth-order valence-electron chi connectivity index (χ4n) is 4.84. The molecule has 0 fully saturated rings. The van der Waals surface area contributed by atoms with Crippen molar-refractivity contribution in [2.75, 3.05) is 0 Å². The van der Waals surface area contributed by atoms with Crippen LogP contribution in [0.25, 0.3) is 0 Å². The molecule has 0 spiro atoms. The molecule has 0 aromatic carbocycles. The van der Waals surface area contributed by atoms with E-state index in [9.17, 15) is 30.5 Å². The molecule has 0 unspecified atom stereocenters. The van der Waals surface area contributed by atoms with Crippen molar-refractivity contribution in [2.24, 2.45) is 25.9 Å². The van der Waals surface area contributed by atoms with Gasteiger partial charge < -0.3 is 17.0 Å². The Balaban J connectivity index is 0. The van der Waals surface area contributed by atoms with Crippen LogP contribution in [0.1, 0.15) is 130 Å². The first kappa shape index (κ1) is 47.5. The maximum atomic E-state index is 11.4. The van der Waals surface area contributed by atoms with Crippen LogP contribution in [0.15, 0.2) is 37.4 Å². The van der Waals surface area contributed by atoms with Crippen molar-refractivity contribution >= 4 is 10.1 Å². The van der Waals surface area contributed by atoms with Gasteiger partial charge in [-0.2, -0.15) is 8.78 Å². The molecule has 0 atom stereocenters. The van der Waals surface area contributed by atoms with Crippen molar-refractivity contribution in [1.29, 1.82) is 0 Å². The lowest BCUT2D eigenvalue weighted by atomic mass is 10.0. The Labute approximate surface area is 289 Å². The minimum absolute atomic E-state index is 0. The topological polar surface area (TPSA) is 74.8 Å². The Morgan fingerprint density at radius 2 is 0.936 bits per heavy atom. The quantitative estimate of drug-likeness (QED) is 0.0692. The van der Waals surface area contributed by atoms with Gasteiger partial charge in [-0.1, -0.05) is 105 Å². The third kappa shape index (κ3) is 26.0. The van der Waals surface area contributed by atoms with E-state index in [0.29, 0.717) is 0 Å². The maximum Gasteiger partial charge on any atom is 0.393 e. The highest BCUT2D eigenvalue weighted by Gasteiger charge is 2.48. The van der Waals surface area contributed by atoms with E-state index in [4.69, 9.17) is 0 Å². The lowest BCUT2D eigenvalue weighted by Gasteiger charge is -2.17. The third-order valence-corrected chi connectivity index (χ3v) is 8.48. The summed E-state index contributed by atoms with van der Waals surface area (Å²) >= 11 is 0. The molecule has 0 bridgehead atoms. The average Bonchev–Trinajstić information content (AvgIpc) is 3.58. The molecule has 278 valence electrons. The van der Waals surface area contributed by atoms with E-state index < -0.39 is 21.8 Å². The first-order valence-corrected chi connectivity index (χ1v) is 18.6. The van der Waals surface area contributed by atoms with Crippen LogP contribution in [0.3, 0.4) is 0 Å². The Bertz CT molecular complexity index is 1050. The molecule has 0 saturated heterocycles. The fraction of sp³-hybridized carbons (Fsp3) is 0.824. The summed E-state index contributed by atoms with van der Waals surface area (Å²) in [7, 11) is -2.08. The molecule has 0 N–H and O–H groups in total. The van der Waals surface area contributed by atoms with Crippen LogP contribution < -0.4 is 21.5 Å². The molecule has 2 aromatic rings. The normalized spacial score (nSPS) is 11.7. The van der Waals surface area contributed by atoms with E-state index in [1.165, 1.54) is 116 Å². The van der Waals surface area contributed by atoms with E-state index in [1.807, 2.05) is 0 Å². The van der Waals surface area contributed by atoms with Crippen LogP contribution >= 0.6 is 0 Å². The molecule has 0 aliphatic carbocycles. The first-order valence-electron chi connectivity index (χ1n) is 17.2. The molecular weight excluding hydrogens is 656 g/mol. The van der Waals surface area contributed by atoms with Gasteiger partial charge >= 0.3 is 11.7 Å². The van der Waals surface area contributed by atoms with Gasteiger partial charge in [-0.25, -0.2) is 35.5 Å². The Kier molecular flexibility index (Phi) is 27.5. The number of hydrogen-bond acceptors (Lipinski definition) is 3. The summed E-state index contributed by atoms with van der Waals surface area (Å²) < 4.78 is 81.5. The third-order valence-electron chi connectivity index (χ3n) is 7.63. The van der Waals surface area contributed by atoms with Crippen molar-refractivity contribution in [3.8, 4) is 0 Å². The Morgan fingerprint density at radius 1 is 0.638 bits per heavy atom. The van der Waals surface area contributed by atoms with Crippen LogP contribution in [0.4, 0.5) is 17.6 Å². The number of halogens is 5. The van der Waals surface area contributed by atoms with Crippen LogP contribution in [0, 0.1) is 11.8 Å². The lowest BCUT2D eigenvalue weighted by Crippen LogP contribution is -3.00. The van der Waals surface area contributed by atoms with Crippen LogP contribution in [0.2, 0.25) is 0 Å². The number of alkyl halides is 4. The summed E-state index contributed by atoms with van der Waals surface area (Å²) in [5.41, 5.74) is 0. The monoisotopic (exact) mass is 718 g/mol. The van der Waals surface area contributed by atoms with Gasteiger partial charge in [-0.15, -0.1) is 0 Å². The predicted molar refractivity (Wildman–Crippen MR) is 175 cm³/mol. The molecule has 0 amide bonds. The highest BCUT2D eigenvalue weighted by Crippen LogP contribution is 2.27. The first-order chi connectivity index (χ1) is 21.6. The number of rotatable bonds is 22. The highest BCUT2D eigenvalue weighted by atomic mass is 35.5. The van der Waals surface area contributed by atoms with Crippen molar-refractivity contribution in [3.05, 3.63) is 37.4 Å². The second-order valence-corrected chi connectivity index (χ2v) is 14.7. The van der Waals surface area contributed by atoms with Crippen molar-refractivity contribution in [2.45, 2.75) is 155 Å². The molecule has 2 heterocycles. The van der Waals surface area contributed by atoms with E-state index in [2.05, 4.69) is 97.5 Å². The molecule has 0 aliphatic rings. The molecule has 7 nitrogen and oxygen atoms in total. The number of nitrogens with zero attached hydrogens (tertiary/aromatic N) is 4. The van der Waals surface area contributed by atoms with Gasteiger partial charge in [0.05, 0.1) is 27.2 Å². The van der Waals surface area contributed by atoms with Crippen LogP contribution in [0.5, 0.6) is 0 Å². The number of aromatic nitrogens is 4. The second kappa shape index (κ2) is 27.2. The van der Waals surface area contributed by atoms with Gasteiger partial charge in [-0.3, -0.25) is 0 Å². The highest BCUT2D eigenvalue weighted by molar-refractivity contribution is 7.86. The SMILES string of the molecule is CC(C)CCCCCCCCCn1cc[n+](C)c1.CC(C)CCCCCCCCCn1cc[n+](C)c1.O=S(=O)([O-])C(F)(F)C(F)F.[Cl-]. The summed E-state index contributed by atoms with van der Waals surface area (Å²) in [5.74, 6) is 1.76. The summed E-state index contributed by atoms with van der Waals surface area (Å²) in [6, 6.07) is 0. The molecule has 0 radical (unpaired) electrons. The van der Waals surface area contributed by atoms with Crippen LogP contribution in [-0.4, -0.2) is 33.8 Å². The smallest absolute Gasteiger partial charge is 0.393 e.